The third kappa shape index (κ3) is 8.72. The number of nitrogens with one attached hydrogen (secondary N) is 2. The van der Waals surface area contributed by atoms with Gasteiger partial charge in [-0.05, 0) is 87.0 Å². The second-order valence-electron chi connectivity index (χ2n) is 8.74. The summed E-state index contributed by atoms with van der Waals surface area (Å²) in [6.07, 6.45) is 1.40. The first-order valence-corrected chi connectivity index (χ1v) is 14.3. The number of hydrazone groups is 1. The standard InChI is InChI=1S/C28H31ClN4O6S/c1-4-38-26-8-6-5-7-25(26)33(40(36,37)24-15-11-22(29)12-16-24)18-27(34)32-30-17-21-9-13-23(14-10-21)39-19-28(35)31-20(2)3/h5-17,20H,4,18-19H2,1-3H3,(H,31,35)(H,32,34)/b30-17-. The summed E-state index contributed by atoms with van der Waals surface area (Å²) in [5.41, 5.74) is 3.22. The van der Waals surface area contributed by atoms with Crippen molar-refractivity contribution < 1.29 is 27.5 Å². The van der Waals surface area contributed by atoms with Gasteiger partial charge in [-0.25, -0.2) is 13.8 Å². The van der Waals surface area contributed by atoms with E-state index in [2.05, 4.69) is 15.8 Å². The lowest BCUT2D eigenvalue weighted by Gasteiger charge is -2.25. The number of para-hydroxylation sites is 2. The van der Waals surface area contributed by atoms with Crippen LogP contribution in [0.15, 0.2) is 82.8 Å². The van der Waals surface area contributed by atoms with Crippen LogP contribution in [-0.4, -0.2) is 52.2 Å². The van der Waals surface area contributed by atoms with Crippen LogP contribution in [0.2, 0.25) is 5.02 Å². The molecule has 12 heteroatoms. The van der Waals surface area contributed by atoms with E-state index in [1.165, 1.54) is 30.5 Å². The van der Waals surface area contributed by atoms with Crippen LogP contribution in [0.5, 0.6) is 11.5 Å². The topological polar surface area (TPSA) is 126 Å². The Morgan fingerprint density at radius 1 is 0.975 bits per heavy atom. The predicted molar refractivity (Wildman–Crippen MR) is 155 cm³/mol. The molecule has 0 aliphatic rings. The number of hydrogen-bond donors (Lipinski definition) is 2. The van der Waals surface area contributed by atoms with E-state index in [-0.39, 0.29) is 29.1 Å². The molecule has 0 aliphatic carbocycles. The minimum atomic E-state index is -4.17. The Hall–Kier alpha value is -4.09. The van der Waals surface area contributed by atoms with Gasteiger partial charge in [0.15, 0.2) is 6.61 Å². The summed E-state index contributed by atoms with van der Waals surface area (Å²) >= 11 is 5.94. The van der Waals surface area contributed by atoms with Gasteiger partial charge in [-0.15, -0.1) is 0 Å². The number of sulfonamides is 1. The van der Waals surface area contributed by atoms with E-state index in [4.69, 9.17) is 21.1 Å². The summed E-state index contributed by atoms with van der Waals surface area (Å²) in [7, 11) is -4.17. The minimum Gasteiger partial charge on any atom is -0.492 e. The summed E-state index contributed by atoms with van der Waals surface area (Å²) in [4.78, 5) is 24.5. The monoisotopic (exact) mass is 586 g/mol. The zero-order valence-electron chi connectivity index (χ0n) is 22.3. The zero-order chi connectivity index (χ0) is 29.1. The number of amides is 2. The smallest absolute Gasteiger partial charge is 0.264 e. The van der Waals surface area contributed by atoms with Gasteiger partial charge in [0.25, 0.3) is 21.8 Å². The fraction of sp³-hybridized carbons (Fsp3) is 0.250. The summed E-state index contributed by atoms with van der Waals surface area (Å²) in [6.45, 7) is 5.14. The van der Waals surface area contributed by atoms with Crippen molar-refractivity contribution in [2.75, 3.05) is 24.1 Å². The van der Waals surface area contributed by atoms with E-state index >= 15 is 0 Å². The van der Waals surface area contributed by atoms with Crippen molar-refractivity contribution in [2.45, 2.75) is 31.7 Å². The van der Waals surface area contributed by atoms with E-state index in [1.54, 1.807) is 55.5 Å². The van der Waals surface area contributed by atoms with Crippen molar-refractivity contribution in [3.63, 3.8) is 0 Å². The highest BCUT2D eigenvalue weighted by atomic mass is 35.5. The van der Waals surface area contributed by atoms with Crippen LogP contribution in [-0.2, 0) is 19.6 Å². The molecule has 0 aromatic heterocycles. The molecule has 2 N–H and O–H groups in total. The molecule has 0 saturated heterocycles. The van der Waals surface area contributed by atoms with Crippen LogP contribution in [0, 0.1) is 0 Å². The van der Waals surface area contributed by atoms with E-state index in [1.807, 2.05) is 13.8 Å². The SMILES string of the molecule is CCOc1ccccc1N(CC(=O)N/N=C\c1ccc(OCC(=O)NC(C)C)cc1)S(=O)(=O)c1ccc(Cl)cc1. The van der Waals surface area contributed by atoms with Crippen molar-refractivity contribution in [3.8, 4) is 11.5 Å². The molecule has 0 heterocycles. The van der Waals surface area contributed by atoms with Crippen LogP contribution < -0.4 is 24.5 Å². The molecule has 0 spiro atoms. The molecule has 0 radical (unpaired) electrons. The van der Waals surface area contributed by atoms with Gasteiger partial charge in [0.2, 0.25) is 0 Å². The highest BCUT2D eigenvalue weighted by molar-refractivity contribution is 7.92. The average Bonchev–Trinajstić information content (AvgIpc) is 2.92. The largest absolute Gasteiger partial charge is 0.492 e. The maximum Gasteiger partial charge on any atom is 0.264 e. The van der Waals surface area contributed by atoms with Gasteiger partial charge in [-0.3, -0.25) is 13.9 Å². The molecule has 3 aromatic rings. The Bertz CT molecular complexity index is 1430. The number of benzene rings is 3. The number of rotatable bonds is 13. The van der Waals surface area contributed by atoms with Gasteiger partial charge in [-0.1, -0.05) is 23.7 Å². The molecule has 212 valence electrons. The Morgan fingerprint density at radius 2 is 1.65 bits per heavy atom. The molecule has 0 unspecified atom stereocenters. The molecule has 0 saturated carbocycles. The fourth-order valence-electron chi connectivity index (χ4n) is 3.48. The second kappa shape index (κ2) is 14.3. The van der Waals surface area contributed by atoms with Gasteiger partial charge in [0.05, 0.1) is 23.4 Å². The molecule has 0 fully saturated rings. The molecule has 3 rings (SSSR count). The lowest BCUT2D eigenvalue weighted by Crippen LogP contribution is -2.39. The first kappa shape index (κ1) is 30.5. The zero-order valence-corrected chi connectivity index (χ0v) is 23.9. The molecule has 10 nitrogen and oxygen atoms in total. The first-order valence-electron chi connectivity index (χ1n) is 12.4. The minimum absolute atomic E-state index is 0.0222. The maximum atomic E-state index is 13.6. The van der Waals surface area contributed by atoms with E-state index in [0.29, 0.717) is 28.7 Å². The van der Waals surface area contributed by atoms with Crippen molar-refractivity contribution in [1.82, 2.24) is 10.7 Å². The van der Waals surface area contributed by atoms with Gasteiger partial charge in [0.1, 0.15) is 18.0 Å². The van der Waals surface area contributed by atoms with Crippen LogP contribution in [0.25, 0.3) is 0 Å². The number of carbonyl (C=O) groups is 2. The van der Waals surface area contributed by atoms with Gasteiger partial charge < -0.3 is 14.8 Å². The van der Waals surface area contributed by atoms with Crippen LogP contribution >= 0.6 is 11.6 Å². The Morgan fingerprint density at radius 3 is 2.30 bits per heavy atom. The fourth-order valence-corrected chi connectivity index (χ4v) is 5.04. The Balaban J connectivity index is 1.72. The maximum absolute atomic E-state index is 13.6. The number of ether oxygens (including phenoxy) is 2. The third-order valence-corrected chi connectivity index (χ3v) is 7.25. The number of carbonyl (C=O) groups excluding carboxylic acids is 2. The van der Waals surface area contributed by atoms with E-state index in [9.17, 15) is 18.0 Å². The quantitative estimate of drug-likeness (QED) is 0.230. The Labute approximate surface area is 239 Å². The summed E-state index contributed by atoms with van der Waals surface area (Å²) in [5, 5.41) is 7.07. The summed E-state index contributed by atoms with van der Waals surface area (Å²) < 4.78 is 39.2. The first-order chi connectivity index (χ1) is 19.1. The molecule has 40 heavy (non-hydrogen) atoms. The van der Waals surface area contributed by atoms with E-state index < -0.39 is 22.5 Å². The number of nitrogens with zero attached hydrogens (tertiary/aromatic N) is 2. The van der Waals surface area contributed by atoms with E-state index in [0.717, 1.165) is 4.31 Å². The lowest BCUT2D eigenvalue weighted by molar-refractivity contribution is -0.123. The molecule has 2 amide bonds. The predicted octanol–water partition coefficient (Wildman–Crippen LogP) is 3.99. The van der Waals surface area contributed by atoms with Crippen LogP contribution in [0.1, 0.15) is 26.3 Å². The highest BCUT2D eigenvalue weighted by Gasteiger charge is 2.29. The number of halogens is 1. The number of hydrogen-bond acceptors (Lipinski definition) is 7. The van der Waals surface area contributed by atoms with Crippen LogP contribution in [0.3, 0.4) is 0 Å². The van der Waals surface area contributed by atoms with Crippen molar-refractivity contribution >= 4 is 45.3 Å². The molecule has 0 bridgehead atoms. The molecular formula is C28H31ClN4O6S. The van der Waals surface area contributed by atoms with Crippen molar-refractivity contribution in [2.24, 2.45) is 5.10 Å². The highest BCUT2D eigenvalue weighted by Crippen LogP contribution is 2.32. The van der Waals surface area contributed by atoms with Crippen molar-refractivity contribution in [1.29, 1.82) is 0 Å². The molecular weight excluding hydrogens is 556 g/mol. The van der Waals surface area contributed by atoms with Gasteiger partial charge in [-0.2, -0.15) is 5.10 Å². The molecule has 0 aliphatic heterocycles. The molecule has 0 atom stereocenters. The molecule has 3 aromatic carbocycles. The average molecular weight is 587 g/mol. The summed E-state index contributed by atoms with van der Waals surface area (Å²) in [5.74, 6) is -0.0884. The second-order valence-corrected chi connectivity index (χ2v) is 11.0. The van der Waals surface area contributed by atoms with Gasteiger partial charge >= 0.3 is 0 Å². The normalized spacial score (nSPS) is 11.3. The van der Waals surface area contributed by atoms with Gasteiger partial charge in [0, 0.05) is 11.1 Å². The lowest BCUT2D eigenvalue weighted by atomic mass is 10.2. The third-order valence-electron chi connectivity index (χ3n) is 5.23. The van der Waals surface area contributed by atoms with Crippen molar-refractivity contribution in [3.05, 3.63) is 83.4 Å². The number of anilines is 1. The van der Waals surface area contributed by atoms with Crippen LogP contribution in [0.4, 0.5) is 5.69 Å². The summed E-state index contributed by atoms with van der Waals surface area (Å²) in [6, 6.07) is 19.0. The Kier molecular flexibility index (Phi) is 10.9.